The van der Waals surface area contributed by atoms with Crippen LogP contribution in [0.4, 0.5) is 0 Å². The Kier molecular flexibility index (Phi) is 35.2. The van der Waals surface area contributed by atoms with E-state index >= 15 is 0 Å². The fourth-order valence-electron chi connectivity index (χ4n) is 5.57. The van der Waals surface area contributed by atoms with Gasteiger partial charge in [0.1, 0.15) is 6.61 Å². The van der Waals surface area contributed by atoms with Crippen LogP contribution < -0.4 is 0 Å². The maximum atomic E-state index is 12.5. The Morgan fingerprint density at radius 3 is 1.47 bits per heavy atom. The Balaban J connectivity index is 4.00. The molecule has 0 saturated heterocycles. The number of hydrogen-bond donors (Lipinski definition) is 1. The lowest BCUT2D eigenvalue weighted by atomic mass is 10.1. The number of phosphoric ester groups is 1. The van der Waals surface area contributed by atoms with E-state index in [0.717, 1.165) is 52.1 Å². The molecule has 0 spiro atoms. The summed E-state index contributed by atoms with van der Waals surface area (Å²) in [5.74, 6) is -0.804. The van der Waals surface area contributed by atoms with Gasteiger partial charge in [0.25, 0.3) is 0 Å². The molecule has 0 aliphatic heterocycles. The van der Waals surface area contributed by atoms with E-state index < -0.39 is 26.5 Å². The van der Waals surface area contributed by atoms with Crippen molar-refractivity contribution in [3.63, 3.8) is 0 Å². The van der Waals surface area contributed by atoms with Gasteiger partial charge in [0.15, 0.2) is 6.10 Å². The first-order chi connectivity index (χ1) is 23.8. The van der Waals surface area contributed by atoms with Crippen molar-refractivity contribution in [3.8, 4) is 0 Å². The Labute approximate surface area is 301 Å². The highest BCUT2D eigenvalue weighted by molar-refractivity contribution is 7.47. The van der Waals surface area contributed by atoms with Crippen molar-refractivity contribution in [2.24, 2.45) is 0 Å². The second-order valence-electron chi connectivity index (χ2n) is 13.4. The summed E-state index contributed by atoms with van der Waals surface area (Å²) < 4.78 is 31.9. The fraction of sp³-hybridized carbons (Fsp3) is 0.850. The highest BCUT2D eigenvalue weighted by Gasteiger charge is 2.24. The molecule has 0 saturated carbocycles. The third kappa shape index (κ3) is 36.1. The SMILES string of the molecule is CCCCC/C=C\C/C=C\CCCCCCCCCCCC(=O)OC(COC(=O)CCCCCCCCCCCCC)COP(=O)(O)OC. The van der Waals surface area contributed by atoms with E-state index in [1.807, 2.05) is 0 Å². The number of ether oxygens (including phenoxy) is 2. The second kappa shape index (κ2) is 36.3. The molecule has 0 aliphatic carbocycles. The molecule has 0 amide bonds. The number of hydrogen-bond acceptors (Lipinski definition) is 7. The molecule has 0 aliphatic rings. The molecule has 0 rings (SSSR count). The number of esters is 2. The lowest BCUT2D eigenvalue weighted by Gasteiger charge is -2.19. The van der Waals surface area contributed by atoms with Crippen molar-refractivity contribution in [2.45, 2.75) is 200 Å². The van der Waals surface area contributed by atoms with Crippen molar-refractivity contribution in [1.82, 2.24) is 0 Å². The van der Waals surface area contributed by atoms with Crippen LogP contribution >= 0.6 is 7.82 Å². The summed E-state index contributed by atoms with van der Waals surface area (Å²) in [6.07, 6.45) is 39.4. The van der Waals surface area contributed by atoms with Crippen LogP contribution in [0, 0.1) is 0 Å². The number of carbonyl (C=O) groups excluding carboxylic acids is 2. The first kappa shape index (κ1) is 47.5. The van der Waals surface area contributed by atoms with Crippen LogP contribution in [0.15, 0.2) is 24.3 Å². The third-order valence-electron chi connectivity index (χ3n) is 8.70. The molecule has 1 N–H and O–H groups in total. The van der Waals surface area contributed by atoms with Gasteiger partial charge < -0.3 is 14.4 Å². The van der Waals surface area contributed by atoms with Gasteiger partial charge in [-0.1, -0.05) is 160 Å². The largest absolute Gasteiger partial charge is 0.472 e. The average molecular weight is 715 g/mol. The van der Waals surface area contributed by atoms with Crippen molar-refractivity contribution in [2.75, 3.05) is 20.3 Å². The van der Waals surface area contributed by atoms with Crippen molar-refractivity contribution in [1.29, 1.82) is 0 Å². The van der Waals surface area contributed by atoms with Gasteiger partial charge in [0.05, 0.1) is 6.61 Å². The Hall–Kier alpha value is -1.47. The van der Waals surface area contributed by atoms with Crippen LogP contribution in [0.1, 0.15) is 194 Å². The predicted octanol–water partition coefficient (Wildman–Crippen LogP) is 12.3. The maximum Gasteiger partial charge on any atom is 0.472 e. The normalized spacial score (nSPS) is 13.6. The molecule has 8 nitrogen and oxygen atoms in total. The first-order valence-corrected chi connectivity index (χ1v) is 21.5. The van der Waals surface area contributed by atoms with Gasteiger partial charge in [-0.25, -0.2) is 4.57 Å². The van der Waals surface area contributed by atoms with Crippen molar-refractivity contribution < 1.29 is 37.6 Å². The molecule has 49 heavy (non-hydrogen) atoms. The number of allylic oxidation sites excluding steroid dienone is 4. The number of phosphoric acid groups is 1. The molecule has 0 aromatic heterocycles. The molecule has 0 radical (unpaired) electrons. The molecule has 288 valence electrons. The second-order valence-corrected chi connectivity index (χ2v) is 15.0. The zero-order chi connectivity index (χ0) is 36.1. The highest BCUT2D eigenvalue weighted by Crippen LogP contribution is 2.42. The van der Waals surface area contributed by atoms with Crippen LogP contribution in [-0.4, -0.2) is 43.3 Å². The van der Waals surface area contributed by atoms with Gasteiger partial charge in [0.2, 0.25) is 0 Å². The minimum atomic E-state index is -4.25. The molecule has 0 aromatic carbocycles. The molecule has 2 atom stereocenters. The molecule has 9 heteroatoms. The van der Waals surface area contributed by atoms with Gasteiger partial charge >= 0.3 is 19.8 Å². The minimum absolute atomic E-state index is 0.223. The first-order valence-electron chi connectivity index (χ1n) is 20.0. The standard InChI is InChI=1S/C40H75O8P/c1-4-6-8-10-12-14-16-17-18-19-20-21-22-23-25-27-29-31-33-35-40(42)48-38(37-47-49(43,44)45-3)36-46-39(41)34-32-30-28-26-24-15-13-11-9-7-5-2/h12,14,17-18,38H,4-11,13,15-16,19-37H2,1-3H3,(H,43,44)/b14-12-,18-17-. The molecule has 0 heterocycles. The Bertz CT molecular complexity index is 859. The number of unbranched alkanes of at least 4 members (excludes halogenated alkanes) is 22. The summed E-state index contributed by atoms with van der Waals surface area (Å²) >= 11 is 0. The predicted molar refractivity (Wildman–Crippen MR) is 203 cm³/mol. The lowest BCUT2D eigenvalue weighted by Crippen LogP contribution is -2.29. The van der Waals surface area contributed by atoms with Crippen LogP contribution in [-0.2, 0) is 32.7 Å². The zero-order valence-electron chi connectivity index (χ0n) is 31.9. The summed E-state index contributed by atoms with van der Waals surface area (Å²) in [5.41, 5.74) is 0. The van der Waals surface area contributed by atoms with E-state index in [1.165, 1.54) is 116 Å². The molecule has 0 aromatic rings. The van der Waals surface area contributed by atoms with Gasteiger partial charge in [-0.2, -0.15) is 0 Å². The van der Waals surface area contributed by atoms with Gasteiger partial charge in [-0.15, -0.1) is 0 Å². The lowest BCUT2D eigenvalue weighted by molar-refractivity contribution is -0.161. The molecule has 0 fully saturated rings. The van der Waals surface area contributed by atoms with Crippen molar-refractivity contribution >= 4 is 19.8 Å². The third-order valence-corrected chi connectivity index (χ3v) is 9.64. The van der Waals surface area contributed by atoms with E-state index in [1.54, 1.807) is 0 Å². The van der Waals surface area contributed by atoms with Crippen LogP contribution in [0.25, 0.3) is 0 Å². The fourth-order valence-corrected chi connectivity index (χ4v) is 6.03. The van der Waals surface area contributed by atoms with Crippen LogP contribution in [0.5, 0.6) is 0 Å². The van der Waals surface area contributed by atoms with Gasteiger partial charge in [-0.05, 0) is 44.9 Å². The Morgan fingerprint density at radius 1 is 0.571 bits per heavy atom. The van der Waals surface area contributed by atoms with Crippen LogP contribution in [0.3, 0.4) is 0 Å². The molecular weight excluding hydrogens is 639 g/mol. The molecule has 2 unspecified atom stereocenters. The quantitative estimate of drug-likeness (QED) is 0.0293. The number of rotatable bonds is 37. The van der Waals surface area contributed by atoms with E-state index in [4.69, 9.17) is 14.0 Å². The van der Waals surface area contributed by atoms with Crippen LogP contribution in [0.2, 0.25) is 0 Å². The van der Waals surface area contributed by atoms with E-state index in [-0.39, 0.29) is 19.0 Å². The maximum absolute atomic E-state index is 12.5. The molecule has 0 bridgehead atoms. The van der Waals surface area contributed by atoms with Gasteiger partial charge in [-0.3, -0.25) is 18.6 Å². The summed E-state index contributed by atoms with van der Waals surface area (Å²) in [6.45, 7) is 3.85. The summed E-state index contributed by atoms with van der Waals surface area (Å²) in [4.78, 5) is 34.3. The summed E-state index contributed by atoms with van der Waals surface area (Å²) in [7, 11) is -3.19. The van der Waals surface area contributed by atoms with E-state index in [9.17, 15) is 19.0 Å². The summed E-state index contributed by atoms with van der Waals surface area (Å²) in [6, 6.07) is 0. The highest BCUT2D eigenvalue weighted by atomic mass is 31.2. The molecular formula is C40H75O8P. The zero-order valence-corrected chi connectivity index (χ0v) is 32.7. The van der Waals surface area contributed by atoms with E-state index in [0.29, 0.717) is 12.8 Å². The average Bonchev–Trinajstić information content (AvgIpc) is 3.09. The van der Waals surface area contributed by atoms with Crippen molar-refractivity contribution in [3.05, 3.63) is 24.3 Å². The van der Waals surface area contributed by atoms with Gasteiger partial charge in [0, 0.05) is 20.0 Å². The topological polar surface area (TPSA) is 108 Å². The number of carbonyl (C=O) groups is 2. The smallest absolute Gasteiger partial charge is 0.462 e. The van der Waals surface area contributed by atoms with E-state index in [2.05, 4.69) is 42.7 Å². The minimum Gasteiger partial charge on any atom is -0.462 e. The summed E-state index contributed by atoms with van der Waals surface area (Å²) in [5, 5.41) is 0. The monoisotopic (exact) mass is 715 g/mol. The Morgan fingerprint density at radius 2 is 0.980 bits per heavy atom.